The number of ether oxygens (including phenoxy) is 1. The van der Waals surface area contributed by atoms with Gasteiger partial charge in [0, 0.05) is 23.1 Å². The van der Waals surface area contributed by atoms with Gasteiger partial charge < -0.3 is 10.1 Å². The second-order valence-corrected chi connectivity index (χ2v) is 8.09. The Morgan fingerprint density at radius 1 is 1.25 bits per heavy atom. The van der Waals surface area contributed by atoms with Crippen LogP contribution in [0.4, 0.5) is 0 Å². The van der Waals surface area contributed by atoms with E-state index in [-0.39, 0.29) is 17.4 Å². The third-order valence-corrected chi connectivity index (χ3v) is 4.78. The maximum Gasteiger partial charge on any atom is 0.270 e. The molecule has 1 atom stereocenters. The fraction of sp³-hybridized carbons (Fsp3) is 0.409. The summed E-state index contributed by atoms with van der Waals surface area (Å²) in [6.07, 6.45) is 0.856. The summed E-state index contributed by atoms with van der Waals surface area (Å²) in [6.45, 7) is 10.3. The highest BCUT2D eigenvalue weighted by Crippen LogP contribution is 2.27. The number of rotatable bonds is 5. The third kappa shape index (κ3) is 4.01. The maximum absolute atomic E-state index is 13.0. The summed E-state index contributed by atoms with van der Waals surface area (Å²) >= 11 is 0. The Balaban J connectivity index is 2.19. The number of nitrogens with one attached hydrogen (secondary N) is 1. The number of hydrogen-bond acceptors (Lipinski definition) is 4. The SMILES string of the molecule is CC[C@@H](C)NC(=O)c1cc(-c2cccc(OC)c2)nc2cc(C(C)(C)C)nn12. The first kappa shape index (κ1) is 19.9. The molecule has 0 aliphatic carbocycles. The van der Waals surface area contributed by atoms with Crippen LogP contribution in [0.2, 0.25) is 0 Å². The molecule has 1 aromatic carbocycles. The number of amides is 1. The minimum atomic E-state index is -0.158. The van der Waals surface area contributed by atoms with Gasteiger partial charge in [-0.25, -0.2) is 9.50 Å². The van der Waals surface area contributed by atoms with E-state index in [0.717, 1.165) is 23.4 Å². The van der Waals surface area contributed by atoms with Gasteiger partial charge in [-0.15, -0.1) is 0 Å². The molecule has 0 bridgehead atoms. The lowest BCUT2D eigenvalue weighted by atomic mass is 9.93. The number of hydrogen-bond donors (Lipinski definition) is 1. The molecule has 28 heavy (non-hydrogen) atoms. The molecule has 0 saturated carbocycles. The van der Waals surface area contributed by atoms with Gasteiger partial charge in [0.15, 0.2) is 5.65 Å². The van der Waals surface area contributed by atoms with Crippen molar-refractivity contribution in [3.63, 3.8) is 0 Å². The lowest BCUT2D eigenvalue weighted by Gasteiger charge is -2.14. The molecule has 6 heteroatoms. The van der Waals surface area contributed by atoms with Crippen LogP contribution >= 0.6 is 0 Å². The number of aromatic nitrogens is 3. The smallest absolute Gasteiger partial charge is 0.270 e. The van der Waals surface area contributed by atoms with Crippen LogP contribution in [0.5, 0.6) is 5.75 Å². The fourth-order valence-electron chi connectivity index (χ4n) is 2.83. The van der Waals surface area contributed by atoms with E-state index in [1.54, 1.807) is 17.7 Å². The Hall–Kier alpha value is -2.89. The van der Waals surface area contributed by atoms with Gasteiger partial charge in [0.2, 0.25) is 0 Å². The average Bonchev–Trinajstić information content (AvgIpc) is 3.11. The largest absolute Gasteiger partial charge is 0.497 e. The molecule has 148 valence electrons. The summed E-state index contributed by atoms with van der Waals surface area (Å²) in [5.74, 6) is 0.586. The summed E-state index contributed by atoms with van der Waals surface area (Å²) < 4.78 is 6.97. The normalized spacial score (nSPS) is 12.8. The molecule has 2 aromatic heterocycles. The van der Waals surface area contributed by atoms with Crippen molar-refractivity contribution >= 4 is 11.6 Å². The van der Waals surface area contributed by atoms with Crippen LogP contribution in [-0.2, 0) is 5.41 Å². The predicted molar refractivity (Wildman–Crippen MR) is 111 cm³/mol. The Bertz CT molecular complexity index is 1000. The summed E-state index contributed by atoms with van der Waals surface area (Å²) in [7, 11) is 1.63. The number of methoxy groups -OCH3 is 1. The second-order valence-electron chi connectivity index (χ2n) is 8.09. The molecule has 3 rings (SSSR count). The van der Waals surface area contributed by atoms with Crippen molar-refractivity contribution in [2.24, 2.45) is 0 Å². The van der Waals surface area contributed by atoms with E-state index in [1.807, 2.05) is 44.2 Å². The molecule has 0 radical (unpaired) electrons. The lowest BCUT2D eigenvalue weighted by molar-refractivity contribution is 0.0931. The first-order chi connectivity index (χ1) is 13.2. The molecular formula is C22H28N4O2. The summed E-state index contributed by atoms with van der Waals surface area (Å²) in [4.78, 5) is 17.7. The molecular weight excluding hydrogens is 352 g/mol. The molecule has 0 saturated heterocycles. The highest BCUT2D eigenvalue weighted by Gasteiger charge is 2.22. The first-order valence-electron chi connectivity index (χ1n) is 9.59. The average molecular weight is 380 g/mol. The number of nitrogens with zero attached hydrogens (tertiary/aromatic N) is 3. The van der Waals surface area contributed by atoms with Crippen molar-refractivity contribution < 1.29 is 9.53 Å². The van der Waals surface area contributed by atoms with E-state index in [9.17, 15) is 4.79 Å². The van der Waals surface area contributed by atoms with Crippen LogP contribution < -0.4 is 10.1 Å². The van der Waals surface area contributed by atoms with Gasteiger partial charge in [0.25, 0.3) is 5.91 Å². The summed E-state index contributed by atoms with van der Waals surface area (Å²) in [5.41, 5.74) is 3.46. The van der Waals surface area contributed by atoms with E-state index in [4.69, 9.17) is 9.72 Å². The Morgan fingerprint density at radius 2 is 2.00 bits per heavy atom. The maximum atomic E-state index is 13.0. The molecule has 0 aliphatic rings. The van der Waals surface area contributed by atoms with Crippen molar-refractivity contribution in [1.82, 2.24) is 19.9 Å². The Kier molecular flexibility index (Phi) is 5.40. The number of benzene rings is 1. The van der Waals surface area contributed by atoms with Gasteiger partial charge in [-0.1, -0.05) is 39.8 Å². The zero-order chi connectivity index (χ0) is 20.5. The molecule has 1 amide bonds. The Labute approximate surface area is 165 Å². The van der Waals surface area contributed by atoms with Crippen LogP contribution in [0.1, 0.15) is 57.2 Å². The number of carbonyl (C=O) groups excluding carboxylic acids is 1. The van der Waals surface area contributed by atoms with E-state index in [0.29, 0.717) is 17.0 Å². The number of fused-ring (bicyclic) bond motifs is 1. The minimum Gasteiger partial charge on any atom is -0.497 e. The van der Waals surface area contributed by atoms with Crippen molar-refractivity contribution in [2.45, 2.75) is 52.5 Å². The van der Waals surface area contributed by atoms with Crippen LogP contribution in [0.3, 0.4) is 0 Å². The summed E-state index contributed by atoms with van der Waals surface area (Å²) in [5, 5.41) is 7.71. The second kappa shape index (κ2) is 7.62. The van der Waals surface area contributed by atoms with Crippen LogP contribution in [-0.4, -0.2) is 33.7 Å². The molecule has 0 unspecified atom stereocenters. The highest BCUT2D eigenvalue weighted by molar-refractivity contribution is 5.94. The van der Waals surface area contributed by atoms with Gasteiger partial charge >= 0.3 is 0 Å². The van der Waals surface area contributed by atoms with Gasteiger partial charge in [-0.2, -0.15) is 5.10 Å². The van der Waals surface area contributed by atoms with Gasteiger partial charge in [-0.3, -0.25) is 4.79 Å². The fourth-order valence-corrected chi connectivity index (χ4v) is 2.83. The van der Waals surface area contributed by atoms with Crippen molar-refractivity contribution in [3.8, 4) is 17.0 Å². The van der Waals surface area contributed by atoms with Gasteiger partial charge in [0.1, 0.15) is 11.4 Å². The van der Waals surface area contributed by atoms with Crippen molar-refractivity contribution in [2.75, 3.05) is 7.11 Å². The van der Waals surface area contributed by atoms with E-state index >= 15 is 0 Å². The van der Waals surface area contributed by atoms with E-state index in [1.165, 1.54) is 0 Å². The summed E-state index contributed by atoms with van der Waals surface area (Å²) in [6, 6.07) is 11.5. The molecule has 0 fully saturated rings. The third-order valence-electron chi connectivity index (χ3n) is 4.78. The Morgan fingerprint density at radius 3 is 2.64 bits per heavy atom. The van der Waals surface area contributed by atoms with Crippen molar-refractivity contribution in [1.29, 1.82) is 0 Å². The standard InChI is InChI=1S/C22H28N4O2/c1-7-14(2)23-21(27)18-12-17(15-9-8-10-16(11-15)28-6)24-20-13-19(22(3,4)5)25-26(18)20/h8-14H,7H2,1-6H3,(H,23,27)/t14-/m1/s1. The molecule has 6 nitrogen and oxygen atoms in total. The van der Waals surface area contributed by atoms with Crippen molar-refractivity contribution in [3.05, 3.63) is 47.8 Å². The quantitative estimate of drug-likeness (QED) is 0.719. The first-order valence-corrected chi connectivity index (χ1v) is 9.59. The molecule has 3 aromatic rings. The zero-order valence-electron chi connectivity index (χ0n) is 17.4. The van der Waals surface area contributed by atoms with Gasteiger partial charge in [0.05, 0.1) is 18.5 Å². The van der Waals surface area contributed by atoms with E-state index < -0.39 is 0 Å². The minimum absolute atomic E-state index is 0.0774. The molecule has 1 N–H and O–H groups in total. The lowest BCUT2D eigenvalue weighted by Crippen LogP contribution is -2.33. The number of carbonyl (C=O) groups is 1. The predicted octanol–water partition coefficient (Wildman–Crippen LogP) is 4.23. The van der Waals surface area contributed by atoms with E-state index in [2.05, 4.69) is 31.2 Å². The van der Waals surface area contributed by atoms with Crippen LogP contribution in [0, 0.1) is 0 Å². The molecule has 0 spiro atoms. The zero-order valence-corrected chi connectivity index (χ0v) is 17.4. The topological polar surface area (TPSA) is 68.5 Å². The van der Waals surface area contributed by atoms with Gasteiger partial charge in [-0.05, 0) is 31.5 Å². The molecule has 0 aliphatic heterocycles. The highest BCUT2D eigenvalue weighted by atomic mass is 16.5. The van der Waals surface area contributed by atoms with Crippen LogP contribution in [0.15, 0.2) is 36.4 Å². The van der Waals surface area contributed by atoms with Crippen LogP contribution in [0.25, 0.3) is 16.9 Å². The molecule has 2 heterocycles. The monoisotopic (exact) mass is 380 g/mol.